The van der Waals surface area contributed by atoms with Gasteiger partial charge in [-0.15, -0.1) is 0 Å². The first-order valence-corrected chi connectivity index (χ1v) is 13.3. The number of rotatable bonds is 10. The van der Waals surface area contributed by atoms with Crippen LogP contribution in [0.15, 0.2) is 54.9 Å². The Morgan fingerprint density at radius 1 is 0.795 bits per heavy atom. The summed E-state index contributed by atoms with van der Waals surface area (Å²) >= 11 is 0. The Hall–Kier alpha value is -4.31. The van der Waals surface area contributed by atoms with Crippen LogP contribution in [-0.4, -0.2) is 65.4 Å². The highest BCUT2D eigenvalue weighted by Gasteiger charge is 2.16. The van der Waals surface area contributed by atoms with Crippen molar-refractivity contribution in [2.24, 2.45) is 0 Å². The number of nitrogens with zero attached hydrogens (tertiary/aromatic N) is 3. The Bertz CT molecular complexity index is 1340. The minimum absolute atomic E-state index is 0.0961. The summed E-state index contributed by atoms with van der Waals surface area (Å²) in [7, 11) is 0. The molecule has 1 fully saturated rings. The molecule has 202 valence electrons. The van der Waals surface area contributed by atoms with E-state index in [4.69, 9.17) is 4.74 Å². The first kappa shape index (κ1) is 26.3. The summed E-state index contributed by atoms with van der Waals surface area (Å²) in [5.41, 5.74) is 3.72. The number of carbonyl (C=O) groups excluding carboxylic acids is 3. The zero-order valence-corrected chi connectivity index (χ0v) is 21.7. The molecule has 10 heteroatoms. The summed E-state index contributed by atoms with van der Waals surface area (Å²) in [6.07, 6.45) is 4.52. The number of hydrogen-bond donors (Lipinski definition) is 3. The van der Waals surface area contributed by atoms with Gasteiger partial charge in [-0.05, 0) is 60.8 Å². The highest BCUT2D eigenvalue weighted by atomic mass is 16.5. The molecule has 2 aliphatic rings. The summed E-state index contributed by atoms with van der Waals surface area (Å²) in [6, 6.07) is 14.3. The molecule has 0 aliphatic carbocycles. The maximum absolute atomic E-state index is 12.7. The average molecular weight is 529 g/mol. The van der Waals surface area contributed by atoms with Crippen molar-refractivity contribution in [3.8, 4) is 5.75 Å². The number of aromatic nitrogens is 2. The second kappa shape index (κ2) is 12.5. The van der Waals surface area contributed by atoms with Gasteiger partial charge in [0.1, 0.15) is 23.5 Å². The van der Waals surface area contributed by atoms with Crippen LogP contribution in [0.5, 0.6) is 5.75 Å². The third kappa shape index (κ3) is 6.97. The number of ether oxygens (including phenoxy) is 1. The fourth-order valence-electron chi connectivity index (χ4n) is 4.71. The minimum atomic E-state index is -0.422. The van der Waals surface area contributed by atoms with E-state index in [9.17, 15) is 14.4 Å². The SMILES string of the molecule is O=C(NCCN1CCCC1)c1ccc(CNC(=O)c2cc(C(=O)NCc3ccc4c(c3)CCO4)ncn2)cc1. The zero-order chi connectivity index (χ0) is 27.0. The lowest BCUT2D eigenvalue weighted by atomic mass is 10.1. The van der Waals surface area contributed by atoms with Crippen LogP contribution in [-0.2, 0) is 19.5 Å². The van der Waals surface area contributed by atoms with Crippen LogP contribution >= 0.6 is 0 Å². The first-order chi connectivity index (χ1) is 19.0. The van der Waals surface area contributed by atoms with E-state index in [0.29, 0.717) is 25.3 Å². The fraction of sp³-hybridized carbons (Fsp3) is 0.345. The average Bonchev–Trinajstić information content (AvgIpc) is 3.67. The van der Waals surface area contributed by atoms with Gasteiger partial charge in [0.15, 0.2) is 0 Å². The summed E-state index contributed by atoms with van der Waals surface area (Å²) in [4.78, 5) is 48.1. The topological polar surface area (TPSA) is 126 Å². The van der Waals surface area contributed by atoms with Crippen molar-refractivity contribution in [2.45, 2.75) is 32.4 Å². The lowest BCUT2D eigenvalue weighted by Gasteiger charge is -2.14. The van der Waals surface area contributed by atoms with Crippen molar-refractivity contribution in [2.75, 3.05) is 32.8 Å². The molecule has 2 aromatic carbocycles. The third-order valence-electron chi connectivity index (χ3n) is 6.92. The van der Waals surface area contributed by atoms with Crippen molar-refractivity contribution in [1.29, 1.82) is 0 Å². The van der Waals surface area contributed by atoms with Crippen LogP contribution in [0.2, 0.25) is 0 Å². The third-order valence-corrected chi connectivity index (χ3v) is 6.92. The Labute approximate surface area is 227 Å². The number of amides is 3. The number of hydrogen-bond acceptors (Lipinski definition) is 7. The van der Waals surface area contributed by atoms with Crippen molar-refractivity contribution >= 4 is 17.7 Å². The molecular weight excluding hydrogens is 496 g/mol. The van der Waals surface area contributed by atoms with Crippen molar-refractivity contribution in [1.82, 2.24) is 30.8 Å². The molecule has 3 heterocycles. The molecule has 0 saturated carbocycles. The van der Waals surface area contributed by atoms with Gasteiger partial charge in [-0.1, -0.05) is 24.3 Å². The molecule has 0 radical (unpaired) electrons. The van der Waals surface area contributed by atoms with E-state index in [1.165, 1.54) is 25.2 Å². The van der Waals surface area contributed by atoms with Crippen LogP contribution in [0.25, 0.3) is 0 Å². The van der Waals surface area contributed by atoms with Gasteiger partial charge in [-0.2, -0.15) is 0 Å². The Morgan fingerprint density at radius 2 is 1.46 bits per heavy atom. The Kier molecular flexibility index (Phi) is 8.42. The lowest BCUT2D eigenvalue weighted by molar-refractivity contribution is 0.0934. The van der Waals surface area contributed by atoms with Gasteiger partial charge >= 0.3 is 0 Å². The molecule has 1 aromatic heterocycles. The number of carbonyl (C=O) groups is 3. The normalized spacial score (nSPS) is 14.4. The van der Waals surface area contributed by atoms with Gasteiger partial charge in [0, 0.05) is 44.2 Å². The zero-order valence-electron chi connectivity index (χ0n) is 21.7. The molecule has 39 heavy (non-hydrogen) atoms. The summed E-state index contributed by atoms with van der Waals surface area (Å²) in [5, 5.41) is 8.59. The van der Waals surface area contributed by atoms with Gasteiger partial charge in [0.25, 0.3) is 17.7 Å². The second-order valence-electron chi connectivity index (χ2n) is 9.70. The van der Waals surface area contributed by atoms with Crippen molar-refractivity contribution in [3.05, 3.63) is 88.5 Å². The maximum atomic E-state index is 12.7. The second-order valence-corrected chi connectivity index (χ2v) is 9.70. The highest BCUT2D eigenvalue weighted by Crippen LogP contribution is 2.25. The molecule has 0 spiro atoms. The largest absolute Gasteiger partial charge is 0.493 e. The number of likely N-dealkylation sites (tertiary alicyclic amines) is 1. The lowest BCUT2D eigenvalue weighted by Crippen LogP contribution is -2.33. The van der Waals surface area contributed by atoms with Gasteiger partial charge in [0.05, 0.1) is 6.61 Å². The molecule has 10 nitrogen and oxygen atoms in total. The van der Waals surface area contributed by atoms with E-state index >= 15 is 0 Å². The molecule has 0 bridgehead atoms. The number of benzene rings is 2. The predicted octanol–water partition coefficient (Wildman–Crippen LogP) is 2.10. The molecule has 5 rings (SSSR count). The van der Waals surface area contributed by atoms with Crippen LogP contribution in [0.3, 0.4) is 0 Å². The van der Waals surface area contributed by atoms with E-state index in [2.05, 4.69) is 30.8 Å². The number of nitrogens with one attached hydrogen (secondary N) is 3. The molecule has 3 aromatic rings. The number of fused-ring (bicyclic) bond motifs is 1. The highest BCUT2D eigenvalue weighted by molar-refractivity contribution is 5.97. The van der Waals surface area contributed by atoms with Crippen LogP contribution in [0, 0.1) is 0 Å². The van der Waals surface area contributed by atoms with Crippen LogP contribution < -0.4 is 20.7 Å². The van der Waals surface area contributed by atoms with Gasteiger partial charge in [-0.3, -0.25) is 14.4 Å². The minimum Gasteiger partial charge on any atom is -0.493 e. The van der Waals surface area contributed by atoms with Gasteiger partial charge in [0.2, 0.25) is 0 Å². The molecule has 2 aliphatic heterocycles. The molecule has 3 N–H and O–H groups in total. The van der Waals surface area contributed by atoms with Crippen molar-refractivity contribution in [3.63, 3.8) is 0 Å². The quantitative estimate of drug-likeness (QED) is 0.368. The van der Waals surface area contributed by atoms with E-state index in [1.54, 1.807) is 24.3 Å². The van der Waals surface area contributed by atoms with E-state index < -0.39 is 11.8 Å². The standard InChI is InChI=1S/C29H32N6O4/c36-27(30-10-13-35-11-1-2-12-35)22-6-3-20(4-7-22)17-31-28(37)24-16-25(34-19-33-24)29(38)32-18-21-5-8-26-23(15-21)9-14-39-26/h3-8,15-16,19H,1-2,9-14,17-18H2,(H,30,36)(H,31,37)(H,32,38). The molecule has 0 atom stereocenters. The molecule has 0 unspecified atom stereocenters. The maximum Gasteiger partial charge on any atom is 0.270 e. The summed E-state index contributed by atoms with van der Waals surface area (Å²) < 4.78 is 5.51. The monoisotopic (exact) mass is 528 g/mol. The van der Waals surface area contributed by atoms with E-state index in [1.807, 2.05) is 18.2 Å². The smallest absolute Gasteiger partial charge is 0.270 e. The summed E-state index contributed by atoms with van der Waals surface area (Å²) in [5.74, 6) is -0.0330. The fourth-order valence-corrected chi connectivity index (χ4v) is 4.71. The Balaban J connectivity index is 1.08. The predicted molar refractivity (Wildman–Crippen MR) is 144 cm³/mol. The molecular formula is C29H32N6O4. The van der Waals surface area contributed by atoms with E-state index in [-0.39, 0.29) is 23.8 Å². The Morgan fingerprint density at radius 3 is 2.18 bits per heavy atom. The van der Waals surface area contributed by atoms with Gasteiger partial charge < -0.3 is 25.6 Å². The molecule has 3 amide bonds. The van der Waals surface area contributed by atoms with Gasteiger partial charge in [-0.25, -0.2) is 9.97 Å². The molecule has 1 saturated heterocycles. The summed E-state index contributed by atoms with van der Waals surface area (Å²) in [6.45, 7) is 4.97. The van der Waals surface area contributed by atoms with E-state index in [0.717, 1.165) is 48.5 Å². The van der Waals surface area contributed by atoms with Crippen LogP contribution in [0.1, 0.15) is 60.9 Å². The van der Waals surface area contributed by atoms with Crippen LogP contribution in [0.4, 0.5) is 0 Å². The van der Waals surface area contributed by atoms with Crippen molar-refractivity contribution < 1.29 is 19.1 Å². The first-order valence-electron chi connectivity index (χ1n) is 13.3.